The SMILES string of the molecule is COC(=O)[C@@]12CCCCCCCCC[C@]1(C(=O)OC)CC2. The van der Waals surface area contributed by atoms with E-state index in [9.17, 15) is 9.59 Å². The monoisotopic (exact) mass is 296 g/mol. The molecule has 2 fully saturated rings. The van der Waals surface area contributed by atoms with Gasteiger partial charge in [0.05, 0.1) is 25.0 Å². The summed E-state index contributed by atoms with van der Waals surface area (Å²) in [7, 11) is 2.87. The van der Waals surface area contributed by atoms with Crippen molar-refractivity contribution in [1.82, 2.24) is 0 Å². The molecule has 0 amide bonds. The van der Waals surface area contributed by atoms with Crippen molar-refractivity contribution in [2.24, 2.45) is 10.8 Å². The second-order valence-corrected chi connectivity index (χ2v) is 6.62. The molecule has 0 radical (unpaired) electrons. The molecule has 0 aromatic heterocycles. The van der Waals surface area contributed by atoms with Gasteiger partial charge in [-0.05, 0) is 25.7 Å². The summed E-state index contributed by atoms with van der Waals surface area (Å²) in [4.78, 5) is 25.0. The van der Waals surface area contributed by atoms with Gasteiger partial charge in [0.15, 0.2) is 0 Å². The van der Waals surface area contributed by atoms with Crippen LogP contribution in [0, 0.1) is 10.8 Å². The molecule has 120 valence electrons. The summed E-state index contributed by atoms with van der Waals surface area (Å²) < 4.78 is 10.2. The molecule has 2 rings (SSSR count). The smallest absolute Gasteiger partial charge is 0.312 e. The van der Waals surface area contributed by atoms with Crippen LogP contribution in [-0.4, -0.2) is 26.2 Å². The van der Waals surface area contributed by atoms with E-state index in [0.29, 0.717) is 0 Å². The lowest BCUT2D eigenvalue weighted by Gasteiger charge is -2.55. The molecule has 4 nitrogen and oxygen atoms in total. The topological polar surface area (TPSA) is 52.6 Å². The minimum absolute atomic E-state index is 0.210. The summed E-state index contributed by atoms with van der Waals surface area (Å²) in [5.41, 5.74) is -1.28. The van der Waals surface area contributed by atoms with E-state index in [-0.39, 0.29) is 11.9 Å². The van der Waals surface area contributed by atoms with E-state index in [1.807, 2.05) is 0 Å². The minimum Gasteiger partial charge on any atom is -0.469 e. The van der Waals surface area contributed by atoms with Gasteiger partial charge in [0, 0.05) is 0 Å². The van der Waals surface area contributed by atoms with Crippen LogP contribution in [0.25, 0.3) is 0 Å². The number of esters is 2. The first-order valence-corrected chi connectivity index (χ1v) is 8.30. The maximum absolute atomic E-state index is 12.5. The molecular weight excluding hydrogens is 268 g/mol. The second kappa shape index (κ2) is 6.80. The zero-order valence-corrected chi connectivity index (χ0v) is 13.4. The summed E-state index contributed by atoms with van der Waals surface area (Å²) in [6.07, 6.45) is 11.0. The Balaban J connectivity index is 2.31. The molecule has 0 saturated heterocycles. The third-order valence-corrected chi connectivity index (χ3v) is 5.75. The first-order chi connectivity index (χ1) is 10.1. The van der Waals surface area contributed by atoms with Crippen molar-refractivity contribution in [3.8, 4) is 0 Å². The van der Waals surface area contributed by atoms with E-state index in [4.69, 9.17) is 9.47 Å². The summed E-state index contributed by atoms with van der Waals surface area (Å²) in [5, 5.41) is 0. The zero-order chi connectivity index (χ0) is 15.3. The number of methoxy groups -OCH3 is 2. The van der Waals surface area contributed by atoms with E-state index in [1.165, 1.54) is 33.5 Å². The fourth-order valence-electron chi connectivity index (χ4n) is 4.38. The zero-order valence-electron chi connectivity index (χ0n) is 13.4. The highest BCUT2D eigenvalue weighted by Gasteiger charge is 2.67. The van der Waals surface area contributed by atoms with Gasteiger partial charge in [-0.25, -0.2) is 0 Å². The minimum atomic E-state index is -0.640. The molecule has 2 saturated carbocycles. The van der Waals surface area contributed by atoms with Gasteiger partial charge >= 0.3 is 11.9 Å². The molecule has 0 aromatic carbocycles. The van der Waals surface area contributed by atoms with E-state index in [2.05, 4.69) is 0 Å². The Morgan fingerprint density at radius 1 is 0.619 bits per heavy atom. The third-order valence-electron chi connectivity index (χ3n) is 5.75. The van der Waals surface area contributed by atoms with Gasteiger partial charge in [-0.3, -0.25) is 9.59 Å². The van der Waals surface area contributed by atoms with Crippen molar-refractivity contribution in [2.45, 2.75) is 70.6 Å². The molecule has 2 atom stereocenters. The number of hydrogen-bond acceptors (Lipinski definition) is 4. The van der Waals surface area contributed by atoms with Crippen molar-refractivity contribution < 1.29 is 19.1 Å². The Kier molecular flexibility index (Phi) is 5.28. The lowest BCUT2D eigenvalue weighted by Crippen LogP contribution is -2.61. The Labute approximate surface area is 127 Å². The highest BCUT2D eigenvalue weighted by atomic mass is 16.5. The van der Waals surface area contributed by atoms with Crippen molar-refractivity contribution >= 4 is 11.9 Å². The Morgan fingerprint density at radius 2 is 0.952 bits per heavy atom. The van der Waals surface area contributed by atoms with Crippen LogP contribution in [0.15, 0.2) is 0 Å². The second-order valence-electron chi connectivity index (χ2n) is 6.62. The number of hydrogen-bond donors (Lipinski definition) is 0. The van der Waals surface area contributed by atoms with E-state index in [1.54, 1.807) is 0 Å². The quantitative estimate of drug-likeness (QED) is 0.730. The van der Waals surface area contributed by atoms with Gasteiger partial charge in [-0.15, -0.1) is 0 Å². The maximum atomic E-state index is 12.5. The summed E-state index contributed by atoms with van der Waals surface area (Å²) >= 11 is 0. The van der Waals surface area contributed by atoms with E-state index < -0.39 is 10.8 Å². The number of ether oxygens (including phenoxy) is 2. The molecule has 21 heavy (non-hydrogen) atoms. The Bertz CT molecular complexity index is 356. The molecule has 4 heteroatoms. The first kappa shape index (κ1) is 16.3. The molecule has 0 aliphatic heterocycles. The Morgan fingerprint density at radius 3 is 1.24 bits per heavy atom. The Hall–Kier alpha value is -1.06. The highest BCUT2D eigenvalue weighted by molar-refractivity contribution is 5.90. The first-order valence-electron chi connectivity index (χ1n) is 8.30. The van der Waals surface area contributed by atoms with Gasteiger partial charge in [0.25, 0.3) is 0 Å². The molecule has 2 aliphatic rings. The molecular formula is C17H28O4. The molecule has 0 heterocycles. The van der Waals surface area contributed by atoms with Crippen LogP contribution in [0.3, 0.4) is 0 Å². The van der Waals surface area contributed by atoms with Crippen LogP contribution in [0.1, 0.15) is 70.6 Å². The lowest BCUT2D eigenvalue weighted by atomic mass is 9.46. The van der Waals surface area contributed by atoms with Crippen LogP contribution in [-0.2, 0) is 19.1 Å². The summed E-state index contributed by atoms with van der Waals surface area (Å²) in [6, 6.07) is 0. The maximum Gasteiger partial charge on any atom is 0.312 e. The number of rotatable bonds is 2. The third kappa shape index (κ3) is 2.69. The predicted molar refractivity (Wildman–Crippen MR) is 79.7 cm³/mol. The molecule has 0 spiro atoms. The van der Waals surface area contributed by atoms with Crippen molar-refractivity contribution in [3.63, 3.8) is 0 Å². The van der Waals surface area contributed by atoms with Gasteiger partial charge < -0.3 is 9.47 Å². The van der Waals surface area contributed by atoms with Crippen LogP contribution in [0.2, 0.25) is 0 Å². The molecule has 0 bridgehead atoms. The van der Waals surface area contributed by atoms with Crippen molar-refractivity contribution in [1.29, 1.82) is 0 Å². The lowest BCUT2D eigenvalue weighted by molar-refractivity contribution is -0.200. The number of fused-ring (bicyclic) bond motifs is 1. The van der Waals surface area contributed by atoms with Crippen LogP contribution in [0.5, 0.6) is 0 Å². The van der Waals surface area contributed by atoms with Crippen molar-refractivity contribution in [2.75, 3.05) is 14.2 Å². The average molecular weight is 296 g/mol. The standard InChI is InChI=1S/C17H28O4/c1-20-14(18)16-10-8-6-4-3-5-7-9-11-17(16,13-12-16)15(19)21-2/h3-13H2,1-2H3/t16-,17+. The summed E-state index contributed by atoms with van der Waals surface area (Å²) in [5.74, 6) is -0.420. The molecule has 0 N–H and O–H groups in total. The molecule has 0 aromatic rings. The fraction of sp³-hybridized carbons (Fsp3) is 0.882. The highest BCUT2D eigenvalue weighted by Crippen LogP contribution is 2.63. The number of carbonyl (C=O) groups is 2. The van der Waals surface area contributed by atoms with Crippen LogP contribution < -0.4 is 0 Å². The largest absolute Gasteiger partial charge is 0.469 e. The molecule has 0 unspecified atom stereocenters. The normalized spacial score (nSPS) is 33.8. The van der Waals surface area contributed by atoms with Gasteiger partial charge in [-0.1, -0.05) is 44.9 Å². The van der Waals surface area contributed by atoms with Crippen molar-refractivity contribution in [3.05, 3.63) is 0 Å². The predicted octanol–water partition coefficient (Wildman–Crippen LogP) is 3.62. The van der Waals surface area contributed by atoms with E-state index in [0.717, 1.165) is 51.4 Å². The molecule has 2 aliphatic carbocycles. The average Bonchev–Trinajstić information content (AvgIpc) is 2.52. The van der Waals surface area contributed by atoms with E-state index >= 15 is 0 Å². The van der Waals surface area contributed by atoms with Crippen LogP contribution in [0.4, 0.5) is 0 Å². The fourth-order valence-corrected chi connectivity index (χ4v) is 4.38. The van der Waals surface area contributed by atoms with Gasteiger partial charge in [-0.2, -0.15) is 0 Å². The summed E-state index contributed by atoms with van der Waals surface area (Å²) in [6.45, 7) is 0. The van der Waals surface area contributed by atoms with Crippen LogP contribution >= 0.6 is 0 Å². The van der Waals surface area contributed by atoms with Gasteiger partial charge in [0.1, 0.15) is 0 Å². The number of carbonyl (C=O) groups excluding carboxylic acids is 2. The van der Waals surface area contributed by atoms with Gasteiger partial charge in [0.2, 0.25) is 0 Å².